The Morgan fingerprint density at radius 1 is 1.35 bits per heavy atom. The largest absolute Gasteiger partial charge is 0.492 e. The van der Waals surface area contributed by atoms with Gasteiger partial charge in [-0.2, -0.15) is 5.26 Å². The van der Waals surface area contributed by atoms with E-state index in [4.69, 9.17) is 16.3 Å². The molecule has 0 aliphatic carbocycles. The van der Waals surface area contributed by atoms with E-state index in [9.17, 15) is 10.1 Å². The minimum Gasteiger partial charge on any atom is -0.492 e. The standard InChI is InChI=1S/C19H15ClI2N2O2/c1-3-26-18-15(21)8-12(9-16(18)22)7-13(10-23)19(25)24-17-11(2)5-4-6-14(17)20/h4-9H,3H2,1-2H3,(H,24,25)/b13-7+. The third-order valence-corrected chi connectivity index (χ3v) is 5.36. The summed E-state index contributed by atoms with van der Waals surface area (Å²) in [6.07, 6.45) is 1.56. The number of benzene rings is 2. The van der Waals surface area contributed by atoms with Crippen molar-refractivity contribution < 1.29 is 9.53 Å². The molecule has 0 fully saturated rings. The second-order valence-electron chi connectivity index (χ2n) is 5.30. The van der Waals surface area contributed by atoms with Gasteiger partial charge < -0.3 is 10.1 Å². The molecule has 26 heavy (non-hydrogen) atoms. The molecule has 2 aromatic rings. The van der Waals surface area contributed by atoms with Crippen molar-refractivity contribution in [3.63, 3.8) is 0 Å². The van der Waals surface area contributed by atoms with Gasteiger partial charge in [0.15, 0.2) is 0 Å². The van der Waals surface area contributed by atoms with E-state index in [1.165, 1.54) is 0 Å². The zero-order valence-corrected chi connectivity index (χ0v) is 19.1. The molecule has 0 saturated heterocycles. The number of para-hydroxylation sites is 1. The maximum atomic E-state index is 12.5. The van der Waals surface area contributed by atoms with E-state index in [0.717, 1.165) is 24.0 Å². The molecule has 0 heterocycles. The fourth-order valence-corrected chi connectivity index (χ4v) is 4.63. The third-order valence-electron chi connectivity index (χ3n) is 3.45. The molecule has 7 heteroatoms. The average Bonchev–Trinajstić information content (AvgIpc) is 2.59. The van der Waals surface area contributed by atoms with Gasteiger partial charge in [0, 0.05) is 0 Å². The maximum absolute atomic E-state index is 12.5. The van der Waals surface area contributed by atoms with Crippen LogP contribution in [-0.2, 0) is 4.79 Å². The van der Waals surface area contributed by atoms with Crippen LogP contribution in [0, 0.1) is 25.4 Å². The van der Waals surface area contributed by atoms with Gasteiger partial charge in [-0.3, -0.25) is 4.79 Å². The van der Waals surface area contributed by atoms with Crippen LogP contribution < -0.4 is 10.1 Å². The Morgan fingerprint density at radius 2 is 2.00 bits per heavy atom. The molecule has 1 N–H and O–H groups in total. The van der Waals surface area contributed by atoms with Gasteiger partial charge in [-0.1, -0.05) is 23.7 Å². The number of hydrogen-bond acceptors (Lipinski definition) is 3. The van der Waals surface area contributed by atoms with Crippen molar-refractivity contribution in [3.05, 3.63) is 59.2 Å². The topological polar surface area (TPSA) is 62.1 Å². The molecule has 2 rings (SSSR count). The number of ether oxygens (including phenoxy) is 1. The van der Waals surface area contributed by atoms with Crippen LogP contribution in [0.5, 0.6) is 5.75 Å². The number of nitrogens with one attached hydrogen (secondary N) is 1. The third kappa shape index (κ3) is 5.11. The number of halogens is 3. The molecule has 1 amide bonds. The minimum atomic E-state index is -0.498. The highest BCUT2D eigenvalue weighted by Gasteiger charge is 2.14. The van der Waals surface area contributed by atoms with Crippen molar-refractivity contribution in [2.45, 2.75) is 13.8 Å². The lowest BCUT2D eigenvalue weighted by Gasteiger charge is -2.11. The molecule has 134 valence electrons. The van der Waals surface area contributed by atoms with Gasteiger partial charge in [-0.25, -0.2) is 0 Å². The van der Waals surface area contributed by atoms with Crippen LogP contribution in [0.25, 0.3) is 6.08 Å². The van der Waals surface area contributed by atoms with Crippen LogP contribution in [0.3, 0.4) is 0 Å². The zero-order chi connectivity index (χ0) is 19.3. The molecule has 0 aromatic heterocycles. The van der Waals surface area contributed by atoms with E-state index >= 15 is 0 Å². The van der Waals surface area contributed by atoms with Gasteiger partial charge in [0.05, 0.1) is 24.5 Å². The summed E-state index contributed by atoms with van der Waals surface area (Å²) in [5, 5.41) is 12.6. The number of hydrogen-bond donors (Lipinski definition) is 1. The second-order valence-corrected chi connectivity index (χ2v) is 8.03. The van der Waals surface area contributed by atoms with Gasteiger partial charge >= 0.3 is 0 Å². The second kappa shape index (κ2) is 9.58. The van der Waals surface area contributed by atoms with Gasteiger partial charge in [0.1, 0.15) is 17.4 Å². The molecule has 0 saturated carbocycles. The molecule has 0 spiro atoms. The van der Waals surface area contributed by atoms with E-state index in [1.54, 1.807) is 18.2 Å². The fraction of sp³-hybridized carbons (Fsp3) is 0.158. The summed E-state index contributed by atoms with van der Waals surface area (Å²) in [4.78, 5) is 12.5. The van der Waals surface area contributed by atoms with Crippen LogP contribution >= 0.6 is 56.8 Å². The Hall–Kier alpha value is -1.31. The van der Waals surface area contributed by atoms with Crippen LogP contribution in [-0.4, -0.2) is 12.5 Å². The number of anilines is 1. The van der Waals surface area contributed by atoms with Gasteiger partial charge in [0.25, 0.3) is 5.91 Å². The van der Waals surface area contributed by atoms with E-state index in [0.29, 0.717) is 17.3 Å². The van der Waals surface area contributed by atoms with Crippen LogP contribution in [0.2, 0.25) is 5.02 Å². The van der Waals surface area contributed by atoms with E-state index in [1.807, 2.05) is 38.1 Å². The first-order valence-corrected chi connectivity index (χ1v) is 10.2. The number of carbonyl (C=O) groups excluding carboxylic acids is 1. The summed E-state index contributed by atoms with van der Waals surface area (Å²) >= 11 is 10.5. The van der Waals surface area contributed by atoms with Gasteiger partial charge in [-0.15, -0.1) is 0 Å². The zero-order valence-electron chi connectivity index (χ0n) is 14.1. The number of carbonyl (C=O) groups is 1. The maximum Gasteiger partial charge on any atom is 0.266 e. The minimum absolute atomic E-state index is 0.0000737. The molecule has 4 nitrogen and oxygen atoms in total. The molecule has 0 bridgehead atoms. The number of nitriles is 1. The number of nitrogens with zero attached hydrogens (tertiary/aromatic N) is 1. The predicted octanol–water partition coefficient (Wildman–Crippen LogP) is 5.80. The molecule has 0 unspecified atom stereocenters. The Balaban J connectivity index is 2.33. The molecular formula is C19H15ClI2N2O2. The van der Waals surface area contributed by atoms with Crippen molar-refractivity contribution in [2.24, 2.45) is 0 Å². The average molecular weight is 593 g/mol. The van der Waals surface area contributed by atoms with Crippen LogP contribution in [0.4, 0.5) is 5.69 Å². The lowest BCUT2D eigenvalue weighted by atomic mass is 10.1. The highest BCUT2D eigenvalue weighted by atomic mass is 127. The van der Waals surface area contributed by atoms with Gasteiger partial charge in [0.2, 0.25) is 0 Å². The van der Waals surface area contributed by atoms with E-state index in [2.05, 4.69) is 50.5 Å². The normalized spacial score (nSPS) is 11.0. The summed E-state index contributed by atoms with van der Waals surface area (Å²) in [5.41, 5.74) is 2.09. The number of aryl methyl sites for hydroxylation is 1. The molecule has 0 aliphatic rings. The predicted molar refractivity (Wildman–Crippen MR) is 121 cm³/mol. The summed E-state index contributed by atoms with van der Waals surface area (Å²) < 4.78 is 7.45. The molecule has 0 aliphatic heterocycles. The smallest absolute Gasteiger partial charge is 0.266 e. The Bertz CT molecular complexity index is 877. The monoisotopic (exact) mass is 592 g/mol. The van der Waals surface area contributed by atoms with Crippen molar-refractivity contribution in [1.29, 1.82) is 5.26 Å². The summed E-state index contributed by atoms with van der Waals surface area (Å²) in [5.74, 6) is 0.308. The van der Waals surface area contributed by atoms with E-state index < -0.39 is 5.91 Å². The summed E-state index contributed by atoms with van der Waals surface area (Å²) in [7, 11) is 0. The lowest BCUT2D eigenvalue weighted by Crippen LogP contribution is -2.14. The number of rotatable bonds is 5. The van der Waals surface area contributed by atoms with Crippen molar-refractivity contribution >= 4 is 74.5 Å². The highest BCUT2D eigenvalue weighted by Crippen LogP contribution is 2.30. The summed E-state index contributed by atoms with van der Waals surface area (Å²) in [6, 6.07) is 11.0. The first-order chi connectivity index (χ1) is 12.4. The molecule has 0 radical (unpaired) electrons. The Morgan fingerprint density at radius 3 is 2.54 bits per heavy atom. The fourth-order valence-electron chi connectivity index (χ4n) is 2.23. The van der Waals surface area contributed by atoms with Crippen molar-refractivity contribution in [3.8, 4) is 11.8 Å². The van der Waals surface area contributed by atoms with Crippen LogP contribution in [0.1, 0.15) is 18.1 Å². The first kappa shape index (κ1) is 21.0. The van der Waals surface area contributed by atoms with E-state index in [-0.39, 0.29) is 5.57 Å². The molecular weight excluding hydrogens is 577 g/mol. The molecule has 0 atom stereocenters. The highest BCUT2D eigenvalue weighted by molar-refractivity contribution is 14.1. The Labute approximate surface area is 184 Å². The quantitative estimate of drug-likeness (QED) is 0.271. The summed E-state index contributed by atoms with van der Waals surface area (Å²) in [6.45, 7) is 4.34. The lowest BCUT2D eigenvalue weighted by molar-refractivity contribution is -0.112. The Kier molecular flexibility index (Phi) is 7.73. The van der Waals surface area contributed by atoms with Crippen LogP contribution in [0.15, 0.2) is 35.9 Å². The SMILES string of the molecule is CCOc1c(I)cc(/C=C(\C#N)C(=O)Nc2c(C)cccc2Cl)cc1I. The first-order valence-electron chi connectivity index (χ1n) is 7.67. The number of amides is 1. The molecule has 2 aromatic carbocycles. The van der Waals surface area contributed by atoms with Crippen molar-refractivity contribution in [2.75, 3.05) is 11.9 Å². The van der Waals surface area contributed by atoms with Crippen molar-refractivity contribution in [1.82, 2.24) is 0 Å². The van der Waals surface area contributed by atoms with Gasteiger partial charge in [-0.05, 0) is 94.4 Å².